The van der Waals surface area contributed by atoms with E-state index in [4.69, 9.17) is 16.6 Å². The van der Waals surface area contributed by atoms with Crippen molar-refractivity contribution < 1.29 is 29.1 Å². The molecule has 4 atom stereocenters. The van der Waals surface area contributed by atoms with Crippen LogP contribution in [-0.4, -0.2) is 72.0 Å². The van der Waals surface area contributed by atoms with Crippen molar-refractivity contribution in [3.05, 3.63) is 0 Å². The Bertz CT molecular complexity index is 684. The van der Waals surface area contributed by atoms with Crippen LogP contribution in [0.1, 0.15) is 53.9 Å². The molecule has 4 amide bonds. The molecule has 0 aromatic heterocycles. The third-order valence-electron chi connectivity index (χ3n) is 5.01. The van der Waals surface area contributed by atoms with E-state index in [1.54, 1.807) is 27.7 Å². The van der Waals surface area contributed by atoms with Crippen molar-refractivity contribution in [3.8, 4) is 0 Å². The molecule has 0 fully saturated rings. The molecule has 0 saturated heterocycles. The third-order valence-corrected chi connectivity index (χ3v) is 5.01. The summed E-state index contributed by atoms with van der Waals surface area (Å²) in [4.78, 5) is 60.6. The van der Waals surface area contributed by atoms with Gasteiger partial charge in [0.05, 0.1) is 6.04 Å². The lowest BCUT2D eigenvalue weighted by atomic mass is 10.0. The molecule has 0 aliphatic heterocycles. The molecule has 0 aliphatic rings. The lowest BCUT2D eigenvalue weighted by Crippen LogP contribution is -2.59. The molecule has 0 unspecified atom stereocenters. The van der Waals surface area contributed by atoms with Crippen LogP contribution in [0.5, 0.6) is 0 Å². The van der Waals surface area contributed by atoms with Gasteiger partial charge < -0.3 is 37.8 Å². The summed E-state index contributed by atoms with van der Waals surface area (Å²) in [5.41, 5.74) is 11.4. The number of nitrogens with two attached hydrogens (primary N) is 2. The highest BCUT2D eigenvalue weighted by Gasteiger charge is 2.31. The second-order valence-electron chi connectivity index (χ2n) is 8.69. The Hall–Kier alpha value is -2.73. The van der Waals surface area contributed by atoms with E-state index in [9.17, 15) is 24.0 Å². The van der Waals surface area contributed by atoms with Crippen LogP contribution in [0.3, 0.4) is 0 Å². The molecule has 0 bridgehead atoms. The second-order valence-corrected chi connectivity index (χ2v) is 8.69. The van der Waals surface area contributed by atoms with Gasteiger partial charge >= 0.3 is 5.97 Å². The molecule has 0 aliphatic carbocycles. The first kappa shape index (κ1) is 30.3. The van der Waals surface area contributed by atoms with Crippen molar-refractivity contribution >= 4 is 29.6 Å². The van der Waals surface area contributed by atoms with Crippen molar-refractivity contribution in [2.24, 2.45) is 23.3 Å². The van der Waals surface area contributed by atoms with Crippen molar-refractivity contribution in [2.45, 2.75) is 78.0 Å². The Morgan fingerprint density at radius 2 is 1.39 bits per heavy atom. The van der Waals surface area contributed by atoms with Gasteiger partial charge in [-0.05, 0) is 44.6 Å². The molecular formula is C21H40N6O6. The summed E-state index contributed by atoms with van der Waals surface area (Å²) in [6, 6.07) is -3.69. The van der Waals surface area contributed by atoms with E-state index >= 15 is 0 Å². The zero-order valence-electron chi connectivity index (χ0n) is 20.1. The number of carboxylic acid groups (broad SMARTS) is 1. The van der Waals surface area contributed by atoms with Crippen LogP contribution in [-0.2, 0) is 24.0 Å². The molecule has 0 rings (SSSR count). The molecule has 12 heteroatoms. The average molecular weight is 473 g/mol. The minimum absolute atomic E-state index is 0.124. The lowest BCUT2D eigenvalue weighted by Gasteiger charge is -2.27. The van der Waals surface area contributed by atoms with Crippen LogP contribution < -0.4 is 32.7 Å². The Morgan fingerprint density at radius 1 is 0.788 bits per heavy atom. The number of amides is 4. The molecule has 0 heterocycles. The predicted molar refractivity (Wildman–Crippen MR) is 123 cm³/mol. The minimum Gasteiger partial charge on any atom is -0.480 e. The van der Waals surface area contributed by atoms with Crippen LogP contribution in [0.4, 0.5) is 0 Å². The largest absolute Gasteiger partial charge is 0.480 e. The molecular weight excluding hydrogens is 432 g/mol. The van der Waals surface area contributed by atoms with Crippen LogP contribution in [0.2, 0.25) is 0 Å². The van der Waals surface area contributed by atoms with Crippen molar-refractivity contribution in [1.29, 1.82) is 0 Å². The van der Waals surface area contributed by atoms with Gasteiger partial charge in [-0.3, -0.25) is 24.0 Å². The highest BCUT2D eigenvalue weighted by molar-refractivity contribution is 5.95. The molecule has 0 radical (unpaired) electrons. The normalized spacial score (nSPS) is 14.7. The zero-order chi connectivity index (χ0) is 25.7. The number of carboxylic acids is 1. The highest BCUT2D eigenvalue weighted by atomic mass is 16.4. The third kappa shape index (κ3) is 11.6. The maximum absolute atomic E-state index is 13.0. The Balaban J connectivity index is 5.28. The Labute approximate surface area is 195 Å². The molecule has 0 saturated carbocycles. The fourth-order valence-electron chi connectivity index (χ4n) is 2.81. The number of carbonyl (C=O) groups excluding carboxylic acids is 4. The molecule has 12 nitrogen and oxygen atoms in total. The van der Waals surface area contributed by atoms with E-state index in [1.807, 2.05) is 0 Å². The summed E-state index contributed by atoms with van der Waals surface area (Å²) in [5, 5.41) is 18.6. The zero-order valence-corrected chi connectivity index (χ0v) is 20.1. The monoisotopic (exact) mass is 472 g/mol. The summed E-state index contributed by atoms with van der Waals surface area (Å²) in [6.45, 7) is 8.28. The number of hydrogen-bond acceptors (Lipinski definition) is 7. The van der Waals surface area contributed by atoms with Gasteiger partial charge in [0.25, 0.3) is 0 Å². The van der Waals surface area contributed by atoms with Gasteiger partial charge in [0.2, 0.25) is 23.6 Å². The van der Waals surface area contributed by atoms with E-state index in [0.29, 0.717) is 25.8 Å². The number of hydrogen-bond donors (Lipinski definition) is 7. The Morgan fingerprint density at radius 3 is 1.88 bits per heavy atom. The number of unbranched alkanes of at least 4 members (excludes halogenated alkanes) is 1. The molecule has 9 N–H and O–H groups in total. The SMILES string of the molecule is CC(C)[C@H](N)C(=O)N[C@@H](CCCCN)C(=O)N[C@H](C(=O)N[C@@H](C)C(=O)NCC(=O)O)C(C)C. The first-order chi connectivity index (χ1) is 15.3. The maximum atomic E-state index is 13.0. The topological polar surface area (TPSA) is 206 Å². The van der Waals surface area contributed by atoms with Gasteiger partial charge in [0, 0.05) is 0 Å². The van der Waals surface area contributed by atoms with Crippen molar-refractivity contribution in [3.63, 3.8) is 0 Å². The fraction of sp³-hybridized carbons (Fsp3) is 0.762. The molecule has 33 heavy (non-hydrogen) atoms. The Kier molecular flexibility index (Phi) is 13.9. The van der Waals surface area contributed by atoms with Crippen LogP contribution in [0.15, 0.2) is 0 Å². The quantitative estimate of drug-likeness (QED) is 0.138. The van der Waals surface area contributed by atoms with E-state index in [1.165, 1.54) is 6.92 Å². The van der Waals surface area contributed by atoms with Crippen molar-refractivity contribution in [2.75, 3.05) is 13.1 Å². The van der Waals surface area contributed by atoms with E-state index in [-0.39, 0.29) is 11.8 Å². The fourth-order valence-corrected chi connectivity index (χ4v) is 2.81. The van der Waals surface area contributed by atoms with Gasteiger partial charge in [0.1, 0.15) is 24.7 Å². The summed E-state index contributed by atoms with van der Waals surface area (Å²) in [7, 11) is 0. The lowest BCUT2D eigenvalue weighted by molar-refractivity contribution is -0.138. The van der Waals surface area contributed by atoms with E-state index in [2.05, 4.69) is 21.3 Å². The summed E-state index contributed by atoms with van der Waals surface area (Å²) < 4.78 is 0. The van der Waals surface area contributed by atoms with E-state index < -0.39 is 60.3 Å². The van der Waals surface area contributed by atoms with Crippen LogP contribution >= 0.6 is 0 Å². The van der Waals surface area contributed by atoms with Gasteiger partial charge in [-0.15, -0.1) is 0 Å². The highest BCUT2D eigenvalue weighted by Crippen LogP contribution is 2.08. The van der Waals surface area contributed by atoms with E-state index in [0.717, 1.165) is 0 Å². The summed E-state index contributed by atoms with van der Waals surface area (Å²) in [6.07, 6.45) is 1.57. The average Bonchev–Trinajstić information content (AvgIpc) is 2.73. The minimum atomic E-state index is -1.21. The summed E-state index contributed by atoms with van der Waals surface area (Å²) >= 11 is 0. The van der Waals surface area contributed by atoms with Gasteiger partial charge in [0.15, 0.2) is 0 Å². The number of aliphatic carboxylic acids is 1. The second kappa shape index (κ2) is 15.2. The van der Waals surface area contributed by atoms with Gasteiger partial charge in [-0.25, -0.2) is 0 Å². The molecule has 190 valence electrons. The first-order valence-electron chi connectivity index (χ1n) is 11.2. The smallest absolute Gasteiger partial charge is 0.322 e. The van der Waals surface area contributed by atoms with Gasteiger partial charge in [-0.2, -0.15) is 0 Å². The van der Waals surface area contributed by atoms with Crippen LogP contribution in [0, 0.1) is 11.8 Å². The maximum Gasteiger partial charge on any atom is 0.322 e. The number of rotatable bonds is 15. The molecule has 0 spiro atoms. The molecule has 0 aromatic carbocycles. The number of nitrogens with one attached hydrogen (secondary N) is 4. The number of carbonyl (C=O) groups is 5. The van der Waals surface area contributed by atoms with Crippen LogP contribution in [0.25, 0.3) is 0 Å². The van der Waals surface area contributed by atoms with Crippen molar-refractivity contribution in [1.82, 2.24) is 21.3 Å². The summed E-state index contributed by atoms with van der Waals surface area (Å²) in [5.74, 6) is -3.96. The first-order valence-corrected chi connectivity index (χ1v) is 11.2. The predicted octanol–water partition coefficient (Wildman–Crippen LogP) is -1.57. The van der Waals surface area contributed by atoms with Gasteiger partial charge in [-0.1, -0.05) is 27.7 Å². The molecule has 0 aromatic rings. The standard InChI is InChI=1S/C21H40N6O6/c1-11(2)16(23)20(32)26-14(8-6-7-9-22)19(31)27-17(12(3)4)21(33)25-13(5)18(30)24-10-15(28)29/h11-14,16-17H,6-10,22-23H2,1-5H3,(H,24,30)(H,25,33)(H,26,32)(H,27,31)(H,28,29)/t13-,14-,16-,17-/m0/s1.